The lowest BCUT2D eigenvalue weighted by Crippen LogP contribution is -2.48. The monoisotopic (exact) mass is 368 g/mol. The molecular formula is C22H28N2O3. The molecule has 0 heterocycles. The minimum atomic E-state index is -0.632. The topological polar surface area (TPSA) is 67.4 Å². The molecule has 0 aromatic heterocycles. The van der Waals surface area contributed by atoms with E-state index in [0.717, 1.165) is 18.5 Å². The first kappa shape index (κ1) is 20.5. The molecule has 0 saturated carbocycles. The molecule has 0 unspecified atom stereocenters. The van der Waals surface area contributed by atoms with E-state index in [4.69, 9.17) is 4.74 Å². The Bertz CT molecular complexity index is 727. The van der Waals surface area contributed by atoms with Crippen molar-refractivity contribution in [3.8, 4) is 5.75 Å². The zero-order valence-electron chi connectivity index (χ0n) is 16.2. The van der Waals surface area contributed by atoms with Crippen LogP contribution < -0.4 is 15.4 Å². The third-order valence-electron chi connectivity index (χ3n) is 4.14. The van der Waals surface area contributed by atoms with Crippen LogP contribution in [-0.2, 0) is 16.0 Å². The van der Waals surface area contributed by atoms with Crippen LogP contribution in [0.1, 0.15) is 32.8 Å². The van der Waals surface area contributed by atoms with Crippen LogP contribution >= 0.6 is 0 Å². The fraction of sp³-hybridized carbons (Fsp3) is 0.364. The third-order valence-corrected chi connectivity index (χ3v) is 4.14. The molecule has 5 nitrogen and oxygen atoms in total. The molecule has 5 heteroatoms. The highest BCUT2D eigenvalue weighted by Crippen LogP contribution is 2.13. The number of benzene rings is 2. The van der Waals surface area contributed by atoms with E-state index in [1.54, 1.807) is 12.1 Å². The molecule has 0 aliphatic heterocycles. The number of nitrogens with one attached hydrogen (secondary N) is 2. The van der Waals surface area contributed by atoms with Gasteiger partial charge in [-0.25, -0.2) is 0 Å². The van der Waals surface area contributed by atoms with Crippen LogP contribution in [0.25, 0.3) is 0 Å². The van der Waals surface area contributed by atoms with Crippen LogP contribution in [0.3, 0.4) is 0 Å². The Morgan fingerprint density at radius 1 is 1.00 bits per heavy atom. The first-order valence-electron chi connectivity index (χ1n) is 9.36. The van der Waals surface area contributed by atoms with Gasteiger partial charge in [-0.1, -0.05) is 57.5 Å². The van der Waals surface area contributed by atoms with E-state index in [-0.39, 0.29) is 24.3 Å². The fourth-order valence-corrected chi connectivity index (χ4v) is 2.68. The van der Waals surface area contributed by atoms with Crippen LogP contribution in [-0.4, -0.2) is 24.5 Å². The minimum absolute atomic E-state index is 0.0509. The third kappa shape index (κ3) is 6.77. The van der Waals surface area contributed by atoms with Crippen molar-refractivity contribution in [3.05, 3.63) is 60.2 Å². The quantitative estimate of drug-likeness (QED) is 0.707. The summed E-state index contributed by atoms with van der Waals surface area (Å²) in [6.45, 7) is 5.79. The number of anilines is 1. The van der Waals surface area contributed by atoms with Gasteiger partial charge in [-0.2, -0.15) is 0 Å². The Morgan fingerprint density at radius 3 is 2.26 bits per heavy atom. The predicted octanol–water partition coefficient (Wildman–Crippen LogP) is 3.80. The highest BCUT2D eigenvalue weighted by Gasteiger charge is 2.24. The Morgan fingerprint density at radius 2 is 1.67 bits per heavy atom. The van der Waals surface area contributed by atoms with E-state index in [0.29, 0.717) is 5.75 Å². The van der Waals surface area contributed by atoms with Crippen LogP contribution in [0.5, 0.6) is 5.75 Å². The summed E-state index contributed by atoms with van der Waals surface area (Å²) in [6.07, 6.45) is 2.10. The summed E-state index contributed by atoms with van der Waals surface area (Å²) in [7, 11) is 0. The Hall–Kier alpha value is -2.82. The van der Waals surface area contributed by atoms with Crippen molar-refractivity contribution in [2.45, 2.75) is 39.7 Å². The van der Waals surface area contributed by atoms with Crippen molar-refractivity contribution >= 4 is 17.5 Å². The van der Waals surface area contributed by atoms with Gasteiger partial charge in [-0.15, -0.1) is 0 Å². The van der Waals surface area contributed by atoms with Crippen molar-refractivity contribution in [3.63, 3.8) is 0 Å². The lowest BCUT2D eigenvalue weighted by atomic mass is 10.0. The molecule has 2 amide bonds. The van der Waals surface area contributed by atoms with Gasteiger partial charge in [-0.05, 0) is 42.2 Å². The van der Waals surface area contributed by atoms with Gasteiger partial charge in [0.15, 0.2) is 6.61 Å². The Labute approximate surface area is 161 Å². The lowest BCUT2D eigenvalue weighted by Gasteiger charge is -2.22. The summed E-state index contributed by atoms with van der Waals surface area (Å²) in [4.78, 5) is 24.8. The number of carbonyl (C=O) groups is 2. The Balaban J connectivity index is 1.90. The number of carbonyl (C=O) groups excluding carboxylic acids is 2. The standard InChI is InChI=1S/C22H28N2O3/c1-4-8-17-11-13-18(14-12-17)23-22(26)21(16(2)3)24-20(25)15-27-19-9-6-5-7-10-19/h5-7,9-14,16,21H,4,8,15H2,1-3H3,(H,23,26)(H,24,25)/t21-/m0/s1. The number of para-hydroxylation sites is 1. The molecule has 2 N–H and O–H groups in total. The highest BCUT2D eigenvalue weighted by atomic mass is 16.5. The molecule has 0 aliphatic rings. The molecule has 2 aromatic rings. The molecule has 1 atom stereocenters. The number of aryl methyl sites for hydroxylation is 1. The zero-order chi connectivity index (χ0) is 19.6. The molecule has 0 radical (unpaired) electrons. The zero-order valence-corrected chi connectivity index (χ0v) is 16.2. The number of ether oxygens (including phenoxy) is 1. The fourth-order valence-electron chi connectivity index (χ4n) is 2.68. The van der Waals surface area contributed by atoms with Crippen molar-refractivity contribution in [1.29, 1.82) is 0 Å². The maximum Gasteiger partial charge on any atom is 0.258 e. The van der Waals surface area contributed by atoms with E-state index in [1.807, 2.05) is 56.3 Å². The summed E-state index contributed by atoms with van der Waals surface area (Å²) in [5, 5.41) is 5.64. The SMILES string of the molecule is CCCc1ccc(NC(=O)[C@@H](NC(=O)COc2ccccc2)C(C)C)cc1. The van der Waals surface area contributed by atoms with Crippen LogP contribution in [0.4, 0.5) is 5.69 Å². The Kier molecular flexibility index (Phi) is 7.86. The summed E-state index contributed by atoms with van der Waals surface area (Å²) < 4.78 is 5.44. The lowest BCUT2D eigenvalue weighted by molar-refractivity contribution is -0.128. The van der Waals surface area contributed by atoms with Gasteiger partial charge in [0.05, 0.1) is 0 Å². The van der Waals surface area contributed by atoms with Gasteiger partial charge in [0.2, 0.25) is 5.91 Å². The summed E-state index contributed by atoms with van der Waals surface area (Å²) in [5.41, 5.74) is 1.96. The van der Waals surface area contributed by atoms with Crippen LogP contribution in [0.2, 0.25) is 0 Å². The van der Waals surface area contributed by atoms with E-state index < -0.39 is 6.04 Å². The maximum atomic E-state index is 12.6. The second-order valence-electron chi connectivity index (χ2n) is 6.83. The maximum absolute atomic E-state index is 12.6. The number of rotatable bonds is 9. The van der Waals surface area contributed by atoms with Gasteiger partial charge < -0.3 is 15.4 Å². The second kappa shape index (κ2) is 10.4. The van der Waals surface area contributed by atoms with Crippen molar-refractivity contribution in [2.75, 3.05) is 11.9 Å². The van der Waals surface area contributed by atoms with Crippen LogP contribution in [0.15, 0.2) is 54.6 Å². The highest BCUT2D eigenvalue weighted by molar-refractivity contribution is 5.97. The summed E-state index contributed by atoms with van der Waals surface area (Å²) in [6, 6.07) is 16.3. The average Bonchev–Trinajstić information content (AvgIpc) is 2.66. The molecular weight excluding hydrogens is 340 g/mol. The molecule has 0 spiro atoms. The molecule has 0 aliphatic carbocycles. The predicted molar refractivity (Wildman–Crippen MR) is 108 cm³/mol. The number of hydrogen-bond acceptors (Lipinski definition) is 3. The van der Waals surface area contributed by atoms with E-state index >= 15 is 0 Å². The molecule has 0 saturated heterocycles. The van der Waals surface area contributed by atoms with Crippen molar-refractivity contribution in [1.82, 2.24) is 5.32 Å². The molecule has 0 fully saturated rings. The van der Waals surface area contributed by atoms with Gasteiger partial charge in [0.25, 0.3) is 5.91 Å². The van der Waals surface area contributed by atoms with E-state index in [1.165, 1.54) is 5.56 Å². The van der Waals surface area contributed by atoms with Crippen molar-refractivity contribution < 1.29 is 14.3 Å². The van der Waals surface area contributed by atoms with Crippen LogP contribution in [0, 0.1) is 5.92 Å². The molecule has 144 valence electrons. The number of hydrogen-bond donors (Lipinski definition) is 2. The van der Waals surface area contributed by atoms with Gasteiger partial charge in [-0.3, -0.25) is 9.59 Å². The second-order valence-corrected chi connectivity index (χ2v) is 6.83. The van der Waals surface area contributed by atoms with E-state index in [2.05, 4.69) is 17.6 Å². The van der Waals surface area contributed by atoms with Gasteiger partial charge in [0, 0.05) is 5.69 Å². The summed E-state index contributed by atoms with van der Waals surface area (Å²) in [5.74, 6) is 0.00251. The first-order chi connectivity index (χ1) is 13.0. The summed E-state index contributed by atoms with van der Waals surface area (Å²) >= 11 is 0. The smallest absolute Gasteiger partial charge is 0.258 e. The normalized spacial score (nSPS) is 11.7. The average molecular weight is 368 g/mol. The molecule has 2 rings (SSSR count). The number of amides is 2. The largest absolute Gasteiger partial charge is 0.484 e. The molecule has 2 aromatic carbocycles. The van der Waals surface area contributed by atoms with Gasteiger partial charge >= 0.3 is 0 Å². The van der Waals surface area contributed by atoms with Gasteiger partial charge in [0.1, 0.15) is 11.8 Å². The van der Waals surface area contributed by atoms with Crippen molar-refractivity contribution in [2.24, 2.45) is 5.92 Å². The molecule has 0 bridgehead atoms. The minimum Gasteiger partial charge on any atom is -0.484 e. The van der Waals surface area contributed by atoms with E-state index in [9.17, 15) is 9.59 Å². The molecule has 27 heavy (non-hydrogen) atoms. The first-order valence-corrected chi connectivity index (χ1v) is 9.36.